The van der Waals surface area contributed by atoms with Crippen LogP contribution in [0.3, 0.4) is 0 Å². The zero-order valence-corrected chi connectivity index (χ0v) is 15.8. The van der Waals surface area contributed by atoms with Gasteiger partial charge in [-0.1, -0.05) is 25.8 Å². The van der Waals surface area contributed by atoms with Crippen molar-refractivity contribution in [2.75, 3.05) is 26.2 Å². The molecule has 2 fully saturated rings. The van der Waals surface area contributed by atoms with E-state index in [0.717, 1.165) is 51.6 Å². The number of nitrogens with zero attached hydrogens (tertiary/aromatic N) is 2. The van der Waals surface area contributed by atoms with Gasteiger partial charge in [-0.05, 0) is 49.8 Å². The monoisotopic (exact) mass is 364 g/mol. The summed E-state index contributed by atoms with van der Waals surface area (Å²) in [7, 11) is -3.52. The lowest BCUT2D eigenvalue weighted by Crippen LogP contribution is -2.38. The van der Waals surface area contributed by atoms with E-state index in [1.54, 1.807) is 28.6 Å². The molecule has 2 aliphatic heterocycles. The highest BCUT2D eigenvalue weighted by Gasteiger charge is 2.27. The van der Waals surface area contributed by atoms with Gasteiger partial charge in [0.1, 0.15) is 0 Å². The fourth-order valence-electron chi connectivity index (χ4n) is 3.61. The van der Waals surface area contributed by atoms with Gasteiger partial charge in [-0.15, -0.1) is 0 Å². The Kier molecular flexibility index (Phi) is 5.79. The van der Waals surface area contributed by atoms with Crippen LogP contribution in [-0.2, 0) is 10.0 Å². The quantitative estimate of drug-likeness (QED) is 0.828. The fraction of sp³-hybridized carbons (Fsp3) is 0.632. The summed E-state index contributed by atoms with van der Waals surface area (Å²) in [4.78, 5) is 14.8. The Balaban J connectivity index is 1.79. The minimum atomic E-state index is -3.52. The molecule has 0 bridgehead atoms. The number of rotatable bonds is 3. The number of benzene rings is 1. The van der Waals surface area contributed by atoms with Crippen LogP contribution in [0.4, 0.5) is 0 Å². The number of carbonyl (C=O) groups excluding carboxylic acids is 1. The second-order valence-corrected chi connectivity index (χ2v) is 9.26. The first-order chi connectivity index (χ1) is 12.0. The van der Waals surface area contributed by atoms with E-state index >= 15 is 0 Å². The zero-order valence-electron chi connectivity index (χ0n) is 15.0. The molecule has 0 atom stereocenters. The summed E-state index contributed by atoms with van der Waals surface area (Å²) < 4.78 is 27.4. The van der Waals surface area contributed by atoms with Crippen LogP contribution < -0.4 is 0 Å². The maximum atomic E-state index is 12.9. The Hall–Kier alpha value is -1.40. The molecule has 2 heterocycles. The maximum absolute atomic E-state index is 12.9. The van der Waals surface area contributed by atoms with Crippen molar-refractivity contribution < 1.29 is 13.2 Å². The van der Waals surface area contributed by atoms with E-state index in [1.165, 1.54) is 0 Å². The van der Waals surface area contributed by atoms with Crippen LogP contribution >= 0.6 is 0 Å². The highest BCUT2D eigenvalue weighted by atomic mass is 32.2. The van der Waals surface area contributed by atoms with Gasteiger partial charge < -0.3 is 4.90 Å². The molecule has 1 aromatic rings. The highest BCUT2D eigenvalue weighted by Crippen LogP contribution is 2.23. The van der Waals surface area contributed by atoms with Crippen molar-refractivity contribution in [3.63, 3.8) is 0 Å². The van der Waals surface area contributed by atoms with Crippen molar-refractivity contribution in [2.24, 2.45) is 5.92 Å². The number of piperidine rings is 1. The molecular weight excluding hydrogens is 336 g/mol. The summed E-state index contributed by atoms with van der Waals surface area (Å²) in [5.41, 5.74) is 0.477. The predicted molar refractivity (Wildman–Crippen MR) is 98.0 cm³/mol. The van der Waals surface area contributed by atoms with Crippen LogP contribution in [0, 0.1) is 5.92 Å². The van der Waals surface area contributed by atoms with Crippen LogP contribution in [0.1, 0.15) is 55.8 Å². The smallest absolute Gasteiger partial charge is 0.253 e. The van der Waals surface area contributed by atoms with Gasteiger partial charge in [-0.3, -0.25) is 4.79 Å². The van der Waals surface area contributed by atoms with Crippen LogP contribution in [0.15, 0.2) is 29.2 Å². The average Bonchev–Trinajstić information content (AvgIpc) is 2.92. The first-order valence-corrected chi connectivity index (χ1v) is 10.8. The van der Waals surface area contributed by atoms with Crippen molar-refractivity contribution in [1.82, 2.24) is 9.21 Å². The largest absolute Gasteiger partial charge is 0.339 e. The number of sulfonamides is 1. The topological polar surface area (TPSA) is 57.7 Å². The van der Waals surface area contributed by atoms with E-state index in [1.807, 2.05) is 4.90 Å². The number of amides is 1. The summed E-state index contributed by atoms with van der Waals surface area (Å²) in [5, 5.41) is 0. The number of likely N-dealkylation sites (tertiary alicyclic amines) is 1. The molecule has 1 aromatic carbocycles. The van der Waals surface area contributed by atoms with Crippen molar-refractivity contribution in [1.29, 1.82) is 0 Å². The lowest BCUT2D eigenvalue weighted by molar-refractivity contribution is 0.0697. The molecule has 2 saturated heterocycles. The fourth-order valence-corrected chi connectivity index (χ4v) is 5.18. The van der Waals surface area contributed by atoms with E-state index in [4.69, 9.17) is 0 Å². The summed E-state index contributed by atoms with van der Waals surface area (Å²) >= 11 is 0. The normalized spacial score (nSPS) is 21.1. The van der Waals surface area contributed by atoms with Crippen molar-refractivity contribution in [3.8, 4) is 0 Å². The molecular formula is C19H28N2O3S. The van der Waals surface area contributed by atoms with Gasteiger partial charge in [0, 0.05) is 31.7 Å². The molecule has 0 aliphatic carbocycles. The molecule has 0 aromatic heterocycles. The number of carbonyl (C=O) groups is 1. The third-order valence-electron chi connectivity index (χ3n) is 5.35. The Morgan fingerprint density at radius 3 is 2.28 bits per heavy atom. The van der Waals surface area contributed by atoms with Gasteiger partial charge in [-0.2, -0.15) is 4.31 Å². The van der Waals surface area contributed by atoms with Gasteiger partial charge in [0.2, 0.25) is 10.0 Å². The van der Waals surface area contributed by atoms with Crippen LogP contribution in [0.5, 0.6) is 0 Å². The Bertz CT molecular complexity index is 701. The summed E-state index contributed by atoms with van der Waals surface area (Å²) in [6.07, 6.45) is 6.00. The lowest BCUT2D eigenvalue weighted by atomic mass is 9.98. The molecule has 5 nitrogen and oxygen atoms in total. The number of hydrogen-bond donors (Lipinski definition) is 0. The second-order valence-electron chi connectivity index (χ2n) is 7.32. The SMILES string of the molecule is CC1CCN(C(=O)c2cccc(S(=O)(=O)N3CCCCCC3)c2)CC1. The molecule has 0 saturated carbocycles. The standard InChI is InChI=1S/C19H28N2O3S/c1-16-9-13-20(14-10-16)19(22)17-7-6-8-18(15-17)25(23,24)21-11-4-2-3-5-12-21/h6-8,15-16H,2-5,9-14H2,1H3. The molecule has 6 heteroatoms. The molecule has 25 heavy (non-hydrogen) atoms. The zero-order chi connectivity index (χ0) is 17.9. The average molecular weight is 365 g/mol. The first kappa shape index (κ1) is 18.4. The Morgan fingerprint density at radius 2 is 1.64 bits per heavy atom. The van der Waals surface area contributed by atoms with Gasteiger partial charge in [0.25, 0.3) is 5.91 Å². The van der Waals surface area contributed by atoms with E-state index in [0.29, 0.717) is 24.6 Å². The van der Waals surface area contributed by atoms with E-state index in [-0.39, 0.29) is 10.8 Å². The van der Waals surface area contributed by atoms with E-state index in [9.17, 15) is 13.2 Å². The predicted octanol–water partition coefficient (Wildman–Crippen LogP) is 3.12. The van der Waals surface area contributed by atoms with E-state index < -0.39 is 10.0 Å². The van der Waals surface area contributed by atoms with E-state index in [2.05, 4.69) is 6.92 Å². The third-order valence-corrected chi connectivity index (χ3v) is 7.25. The maximum Gasteiger partial charge on any atom is 0.253 e. The van der Waals surface area contributed by atoms with Crippen molar-refractivity contribution >= 4 is 15.9 Å². The molecule has 0 unspecified atom stereocenters. The first-order valence-electron chi connectivity index (χ1n) is 9.38. The van der Waals surface area contributed by atoms with Crippen LogP contribution in [0.2, 0.25) is 0 Å². The summed E-state index contributed by atoms with van der Waals surface area (Å²) in [6.45, 7) is 4.86. The molecule has 2 aliphatic rings. The number of hydrogen-bond acceptors (Lipinski definition) is 3. The van der Waals surface area contributed by atoms with Crippen molar-refractivity contribution in [3.05, 3.63) is 29.8 Å². The minimum absolute atomic E-state index is 0.0557. The second kappa shape index (κ2) is 7.87. The van der Waals surface area contributed by atoms with Crippen molar-refractivity contribution in [2.45, 2.75) is 50.3 Å². The molecule has 0 radical (unpaired) electrons. The summed E-state index contributed by atoms with van der Waals surface area (Å²) in [5.74, 6) is 0.596. The van der Waals surface area contributed by atoms with Crippen LogP contribution in [0.25, 0.3) is 0 Å². The van der Waals surface area contributed by atoms with Crippen LogP contribution in [-0.4, -0.2) is 49.7 Å². The Morgan fingerprint density at radius 1 is 1.00 bits per heavy atom. The molecule has 138 valence electrons. The lowest BCUT2D eigenvalue weighted by Gasteiger charge is -2.30. The minimum Gasteiger partial charge on any atom is -0.339 e. The third kappa shape index (κ3) is 4.23. The van der Waals surface area contributed by atoms with Gasteiger partial charge in [0.15, 0.2) is 0 Å². The Labute approximate surface area is 151 Å². The van der Waals surface area contributed by atoms with Gasteiger partial charge in [-0.25, -0.2) is 8.42 Å². The summed E-state index contributed by atoms with van der Waals surface area (Å²) in [6, 6.07) is 6.57. The van der Waals surface area contributed by atoms with Gasteiger partial charge in [0.05, 0.1) is 4.90 Å². The molecule has 0 spiro atoms. The van der Waals surface area contributed by atoms with Gasteiger partial charge >= 0.3 is 0 Å². The highest BCUT2D eigenvalue weighted by molar-refractivity contribution is 7.89. The molecule has 3 rings (SSSR count). The molecule has 0 N–H and O–H groups in total. The molecule has 1 amide bonds.